The van der Waals surface area contributed by atoms with E-state index in [9.17, 15) is 9.90 Å². The number of nitrogens with zero attached hydrogens (tertiary/aromatic N) is 2. The summed E-state index contributed by atoms with van der Waals surface area (Å²) < 4.78 is 17.7. The van der Waals surface area contributed by atoms with Crippen molar-refractivity contribution in [3.8, 4) is 28.5 Å². The first-order valence-electron chi connectivity index (χ1n) is 13.2. The van der Waals surface area contributed by atoms with Crippen LogP contribution in [-0.2, 0) is 4.74 Å². The molecule has 3 aromatic rings. The third-order valence-electron chi connectivity index (χ3n) is 6.41. The van der Waals surface area contributed by atoms with Gasteiger partial charge in [-0.3, -0.25) is 9.89 Å². The van der Waals surface area contributed by atoms with E-state index in [2.05, 4.69) is 17.1 Å². The van der Waals surface area contributed by atoms with Gasteiger partial charge in [0.15, 0.2) is 11.5 Å². The van der Waals surface area contributed by atoms with E-state index in [0.717, 1.165) is 18.4 Å². The number of hydrogen-bond acceptors (Lipinski definition) is 6. The Morgan fingerprint density at radius 1 is 1.08 bits per heavy atom. The number of phenolic OH excluding ortho intramolecular Hbond substituents is 1. The number of aromatic nitrogens is 2. The molecule has 2 N–H and O–H groups in total. The van der Waals surface area contributed by atoms with Gasteiger partial charge in [0.1, 0.15) is 17.1 Å². The minimum Gasteiger partial charge on any atom is -0.507 e. The lowest BCUT2D eigenvalue weighted by Gasteiger charge is -2.27. The van der Waals surface area contributed by atoms with Crippen molar-refractivity contribution in [3.05, 3.63) is 58.2 Å². The molecule has 0 spiro atoms. The third-order valence-corrected chi connectivity index (χ3v) is 6.65. The molecule has 1 unspecified atom stereocenters. The van der Waals surface area contributed by atoms with E-state index in [1.807, 2.05) is 43.9 Å². The van der Waals surface area contributed by atoms with Crippen molar-refractivity contribution in [2.45, 2.75) is 59.1 Å². The van der Waals surface area contributed by atoms with Gasteiger partial charge in [-0.25, -0.2) is 0 Å². The Morgan fingerprint density at radius 3 is 2.63 bits per heavy atom. The number of aromatic amines is 1. The smallest absolute Gasteiger partial charge is 0.273 e. The standard InChI is InChI=1S/C29H36ClN3O5/c1-5-7-14-38-23-12-9-19(16-24(23)36-6-2)28-25-26(21-17-20(30)10-11-22(21)34)31-32-27(25)29(35)33(28)13-8-15-37-18(3)4/h9-12,16-18,28,34H,5-8,13-15H2,1-4H3,(H,31,32). The summed E-state index contributed by atoms with van der Waals surface area (Å²) in [5.74, 6) is 1.18. The molecule has 9 heteroatoms. The first-order chi connectivity index (χ1) is 18.3. The summed E-state index contributed by atoms with van der Waals surface area (Å²) in [5.41, 5.74) is 2.90. The number of carbonyl (C=O) groups is 1. The molecular weight excluding hydrogens is 506 g/mol. The van der Waals surface area contributed by atoms with Gasteiger partial charge in [0, 0.05) is 29.3 Å². The number of amides is 1. The molecule has 8 nitrogen and oxygen atoms in total. The summed E-state index contributed by atoms with van der Waals surface area (Å²) in [7, 11) is 0. The molecular formula is C29H36ClN3O5. The van der Waals surface area contributed by atoms with Crippen LogP contribution >= 0.6 is 11.6 Å². The molecule has 0 radical (unpaired) electrons. The lowest BCUT2D eigenvalue weighted by atomic mass is 9.95. The van der Waals surface area contributed by atoms with E-state index in [-0.39, 0.29) is 17.8 Å². The molecule has 0 bridgehead atoms. The van der Waals surface area contributed by atoms with Crippen LogP contribution in [0.3, 0.4) is 0 Å². The molecule has 1 aliphatic heterocycles. The summed E-state index contributed by atoms with van der Waals surface area (Å²) in [5, 5.41) is 18.5. The highest BCUT2D eigenvalue weighted by atomic mass is 35.5. The van der Waals surface area contributed by atoms with E-state index in [1.54, 1.807) is 12.1 Å². The number of rotatable bonds is 13. The third kappa shape index (κ3) is 5.92. The van der Waals surface area contributed by atoms with E-state index in [4.69, 9.17) is 25.8 Å². The highest BCUT2D eigenvalue weighted by Gasteiger charge is 2.42. The van der Waals surface area contributed by atoms with Crippen molar-refractivity contribution in [2.24, 2.45) is 0 Å². The van der Waals surface area contributed by atoms with Gasteiger partial charge in [-0.05, 0) is 69.5 Å². The van der Waals surface area contributed by atoms with Gasteiger partial charge in [0.2, 0.25) is 0 Å². The van der Waals surface area contributed by atoms with Crippen LogP contribution in [0.15, 0.2) is 36.4 Å². The van der Waals surface area contributed by atoms with Gasteiger partial charge in [-0.1, -0.05) is 31.0 Å². The molecule has 0 saturated carbocycles. The van der Waals surface area contributed by atoms with Crippen molar-refractivity contribution in [1.29, 1.82) is 0 Å². The van der Waals surface area contributed by atoms with E-state index in [1.165, 1.54) is 6.07 Å². The number of halogens is 1. The molecule has 38 heavy (non-hydrogen) atoms. The lowest BCUT2D eigenvalue weighted by molar-refractivity contribution is 0.0601. The number of aromatic hydroxyl groups is 1. The Bertz CT molecular complexity index is 1260. The van der Waals surface area contributed by atoms with Crippen LogP contribution in [0, 0.1) is 0 Å². The van der Waals surface area contributed by atoms with Crippen LogP contribution in [0.25, 0.3) is 11.3 Å². The monoisotopic (exact) mass is 541 g/mol. The zero-order valence-corrected chi connectivity index (χ0v) is 23.2. The maximum absolute atomic E-state index is 13.6. The second-order valence-corrected chi connectivity index (χ2v) is 9.97. The van der Waals surface area contributed by atoms with Crippen LogP contribution < -0.4 is 9.47 Å². The van der Waals surface area contributed by atoms with Crippen LogP contribution in [0.5, 0.6) is 17.2 Å². The zero-order valence-electron chi connectivity index (χ0n) is 22.4. The van der Waals surface area contributed by atoms with Crippen molar-refractivity contribution in [3.63, 3.8) is 0 Å². The van der Waals surface area contributed by atoms with Gasteiger partial charge >= 0.3 is 0 Å². The number of carbonyl (C=O) groups excluding carboxylic acids is 1. The molecule has 2 aromatic carbocycles. The SMILES string of the molecule is CCCCOc1ccc(C2c3c(-c4cc(Cl)ccc4O)n[nH]c3C(=O)N2CCCOC(C)C)cc1OCC. The normalized spacial score (nSPS) is 14.8. The summed E-state index contributed by atoms with van der Waals surface area (Å²) in [4.78, 5) is 15.4. The minimum atomic E-state index is -0.451. The minimum absolute atomic E-state index is 0.0355. The second kappa shape index (κ2) is 12.5. The number of benzene rings is 2. The summed E-state index contributed by atoms with van der Waals surface area (Å²) >= 11 is 6.26. The number of hydrogen-bond donors (Lipinski definition) is 2. The molecule has 1 aliphatic rings. The van der Waals surface area contributed by atoms with E-state index >= 15 is 0 Å². The van der Waals surface area contributed by atoms with Crippen molar-refractivity contribution < 1.29 is 24.1 Å². The quantitative estimate of drug-likeness (QED) is 0.244. The van der Waals surface area contributed by atoms with Gasteiger partial charge in [0.25, 0.3) is 5.91 Å². The van der Waals surface area contributed by atoms with Crippen molar-refractivity contribution in [2.75, 3.05) is 26.4 Å². The van der Waals surface area contributed by atoms with Gasteiger partial charge in [-0.2, -0.15) is 5.10 Å². The summed E-state index contributed by atoms with van der Waals surface area (Å²) in [6.45, 7) is 10.1. The average molecular weight is 542 g/mol. The average Bonchev–Trinajstić information content (AvgIpc) is 3.43. The van der Waals surface area contributed by atoms with Crippen molar-refractivity contribution >= 4 is 17.5 Å². The molecule has 0 aliphatic carbocycles. The molecule has 4 rings (SSSR count). The number of nitrogens with one attached hydrogen (secondary N) is 1. The molecule has 204 valence electrons. The summed E-state index contributed by atoms with van der Waals surface area (Å²) in [6, 6.07) is 10.1. The zero-order chi connectivity index (χ0) is 27.2. The van der Waals surface area contributed by atoms with Gasteiger partial charge < -0.3 is 24.2 Å². The number of H-pyrrole nitrogens is 1. The Labute approximate surface area is 228 Å². The van der Waals surface area contributed by atoms with E-state index in [0.29, 0.717) is 71.8 Å². The predicted molar refractivity (Wildman–Crippen MR) is 147 cm³/mol. The Morgan fingerprint density at radius 2 is 1.89 bits per heavy atom. The maximum atomic E-state index is 13.6. The predicted octanol–water partition coefficient (Wildman–Crippen LogP) is 6.37. The van der Waals surface area contributed by atoms with Crippen LogP contribution in [0.2, 0.25) is 5.02 Å². The fourth-order valence-corrected chi connectivity index (χ4v) is 4.81. The summed E-state index contributed by atoms with van der Waals surface area (Å²) in [6.07, 6.45) is 2.77. The molecule has 0 saturated heterocycles. The lowest BCUT2D eigenvalue weighted by Crippen LogP contribution is -2.31. The fraction of sp³-hybridized carbons (Fsp3) is 0.448. The highest BCUT2D eigenvalue weighted by molar-refractivity contribution is 6.31. The maximum Gasteiger partial charge on any atom is 0.273 e. The van der Waals surface area contributed by atoms with E-state index < -0.39 is 6.04 Å². The van der Waals surface area contributed by atoms with Gasteiger partial charge in [0.05, 0.1) is 25.4 Å². The molecule has 2 heterocycles. The molecule has 1 amide bonds. The fourth-order valence-electron chi connectivity index (χ4n) is 4.64. The Kier molecular flexibility index (Phi) is 9.17. The highest BCUT2D eigenvalue weighted by Crippen LogP contribution is 2.46. The topological polar surface area (TPSA) is 96.9 Å². The number of ether oxygens (including phenoxy) is 3. The molecule has 1 aromatic heterocycles. The Hall–Kier alpha value is -3.23. The molecule has 1 atom stereocenters. The number of unbranched alkanes of at least 4 members (excludes halogenated alkanes) is 1. The Balaban J connectivity index is 1.77. The number of fused-ring (bicyclic) bond motifs is 1. The second-order valence-electron chi connectivity index (χ2n) is 9.54. The van der Waals surface area contributed by atoms with Crippen LogP contribution in [0.4, 0.5) is 0 Å². The number of phenols is 1. The van der Waals surface area contributed by atoms with Crippen LogP contribution in [0.1, 0.15) is 74.6 Å². The van der Waals surface area contributed by atoms with Gasteiger partial charge in [-0.15, -0.1) is 0 Å². The molecule has 0 fully saturated rings. The van der Waals surface area contributed by atoms with Crippen molar-refractivity contribution in [1.82, 2.24) is 15.1 Å². The first kappa shape index (κ1) is 27.8. The van der Waals surface area contributed by atoms with Crippen LogP contribution in [-0.4, -0.2) is 58.6 Å². The largest absolute Gasteiger partial charge is 0.507 e. The first-order valence-corrected chi connectivity index (χ1v) is 13.6.